The van der Waals surface area contributed by atoms with Gasteiger partial charge in [0.2, 0.25) is 5.91 Å². The fraction of sp³-hybridized carbons (Fsp3) is 0.400. The summed E-state index contributed by atoms with van der Waals surface area (Å²) in [6.07, 6.45) is -0.947. The molecule has 0 bridgehead atoms. The van der Waals surface area contributed by atoms with Gasteiger partial charge in [0, 0.05) is 17.5 Å². The third kappa shape index (κ3) is 5.51. The van der Waals surface area contributed by atoms with Crippen LogP contribution in [-0.2, 0) is 4.79 Å². The predicted octanol–water partition coefficient (Wildman–Crippen LogP) is 1.70. The Morgan fingerprint density at radius 3 is 2.50 bits per heavy atom. The van der Waals surface area contributed by atoms with Crippen molar-refractivity contribution in [2.24, 2.45) is 0 Å². The van der Waals surface area contributed by atoms with Gasteiger partial charge in [-0.05, 0) is 32.9 Å². The molecule has 3 heteroatoms. The summed E-state index contributed by atoms with van der Waals surface area (Å²) in [5.74, 6) is 5.33. The molecule has 0 saturated heterocycles. The summed E-state index contributed by atoms with van der Waals surface area (Å²) in [5.41, 5.74) is 0.534. The van der Waals surface area contributed by atoms with Gasteiger partial charge in [0.25, 0.3) is 0 Å². The number of nitrogens with one attached hydrogen (secondary N) is 1. The Hall–Kier alpha value is -1.79. The van der Waals surface area contributed by atoms with E-state index in [4.69, 9.17) is 0 Å². The van der Waals surface area contributed by atoms with Crippen LogP contribution in [0.2, 0.25) is 0 Å². The summed E-state index contributed by atoms with van der Waals surface area (Å²) in [6.45, 7) is 5.60. The highest BCUT2D eigenvalue weighted by Crippen LogP contribution is 2.01. The monoisotopic (exact) mass is 245 g/mol. The second kappa shape index (κ2) is 6.23. The second-order valence-corrected chi connectivity index (χ2v) is 5.13. The van der Waals surface area contributed by atoms with Gasteiger partial charge in [0.1, 0.15) is 6.10 Å². The zero-order valence-electron chi connectivity index (χ0n) is 11.0. The highest BCUT2D eigenvalue weighted by Gasteiger charge is 2.19. The smallest absolute Gasteiger partial charge is 0.250 e. The number of hydrogen-bond acceptors (Lipinski definition) is 2. The van der Waals surface area contributed by atoms with E-state index in [1.54, 1.807) is 0 Å². The fourth-order valence-corrected chi connectivity index (χ4v) is 1.32. The Bertz CT molecular complexity index is 449. The number of carbonyl (C=O) groups is 1. The molecule has 0 fully saturated rings. The van der Waals surface area contributed by atoms with Gasteiger partial charge in [0.15, 0.2) is 0 Å². The van der Waals surface area contributed by atoms with Crippen molar-refractivity contribution in [1.82, 2.24) is 5.32 Å². The van der Waals surface area contributed by atoms with Crippen LogP contribution in [0.25, 0.3) is 0 Å². The van der Waals surface area contributed by atoms with Crippen LogP contribution in [0.15, 0.2) is 30.3 Å². The maximum absolute atomic E-state index is 11.6. The normalized spacial score (nSPS) is 12.2. The molecule has 1 atom stereocenters. The molecule has 0 saturated carbocycles. The molecule has 0 heterocycles. The van der Waals surface area contributed by atoms with E-state index in [-0.39, 0.29) is 17.9 Å². The summed E-state index contributed by atoms with van der Waals surface area (Å²) >= 11 is 0. The molecule has 0 aromatic heterocycles. The number of benzene rings is 1. The van der Waals surface area contributed by atoms with Crippen LogP contribution in [0, 0.1) is 11.8 Å². The largest absolute Gasteiger partial charge is 0.382 e. The minimum Gasteiger partial charge on any atom is -0.382 e. The maximum Gasteiger partial charge on any atom is 0.250 e. The summed E-state index contributed by atoms with van der Waals surface area (Å²) < 4.78 is 0. The second-order valence-electron chi connectivity index (χ2n) is 5.13. The van der Waals surface area contributed by atoms with Gasteiger partial charge in [-0.1, -0.05) is 30.0 Å². The molecular formula is C15H19NO2. The quantitative estimate of drug-likeness (QED) is 0.779. The molecule has 0 spiro atoms. The zero-order valence-corrected chi connectivity index (χ0v) is 11.0. The van der Waals surface area contributed by atoms with E-state index in [2.05, 4.69) is 17.2 Å². The maximum atomic E-state index is 11.6. The standard InChI is InChI=1S/C15H19NO2/c1-15(2,3)16-14(18)13(17)11-7-10-12-8-5-4-6-9-12/h4-6,8-9,13,17H,11H2,1-3H3,(H,16,18). The predicted molar refractivity (Wildman–Crippen MR) is 71.8 cm³/mol. The van der Waals surface area contributed by atoms with Crippen molar-refractivity contribution in [3.05, 3.63) is 35.9 Å². The van der Waals surface area contributed by atoms with Gasteiger partial charge in [-0.2, -0.15) is 0 Å². The molecular weight excluding hydrogens is 226 g/mol. The van der Waals surface area contributed by atoms with Crippen molar-refractivity contribution >= 4 is 5.91 Å². The van der Waals surface area contributed by atoms with Crippen LogP contribution in [0.1, 0.15) is 32.8 Å². The van der Waals surface area contributed by atoms with E-state index < -0.39 is 6.10 Å². The van der Waals surface area contributed by atoms with Crippen LogP contribution in [-0.4, -0.2) is 22.7 Å². The number of aliphatic hydroxyl groups excluding tert-OH is 1. The minimum absolute atomic E-state index is 0.136. The van der Waals surface area contributed by atoms with E-state index in [1.165, 1.54) is 0 Å². The van der Waals surface area contributed by atoms with Gasteiger partial charge < -0.3 is 10.4 Å². The van der Waals surface area contributed by atoms with E-state index in [0.717, 1.165) is 5.56 Å². The van der Waals surface area contributed by atoms with Crippen molar-refractivity contribution in [3.63, 3.8) is 0 Å². The summed E-state index contributed by atoms with van der Waals surface area (Å²) in [4.78, 5) is 11.6. The van der Waals surface area contributed by atoms with E-state index in [1.807, 2.05) is 51.1 Å². The number of rotatable bonds is 2. The Kier molecular flexibility index (Phi) is 4.94. The lowest BCUT2D eigenvalue weighted by atomic mass is 10.1. The average molecular weight is 245 g/mol. The molecule has 0 radical (unpaired) electrons. The lowest BCUT2D eigenvalue weighted by Gasteiger charge is -2.21. The van der Waals surface area contributed by atoms with Crippen molar-refractivity contribution in [2.45, 2.75) is 38.8 Å². The van der Waals surface area contributed by atoms with Crippen molar-refractivity contribution in [3.8, 4) is 11.8 Å². The molecule has 0 aliphatic rings. The molecule has 1 aromatic rings. The molecule has 1 rings (SSSR count). The molecule has 1 amide bonds. The third-order valence-electron chi connectivity index (χ3n) is 2.10. The lowest BCUT2D eigenvalue weighted by molar-refractivity contribution is -0.130. The number of aliphatic hydroxyl groups is 1. The van der Waals surface area contributed by atoms with Crippen LogP contribution >= 0.6 is 0 Å². The molecule has 96 valence electrons. The lowest BCUT2D eigenvalue weighted by Crippen LogP contribution is -2.45. The van der Waals surface area contributed by atoms with Crippen molar-refractivity contribution in [1.29, 1.82) is 0 Å². The van der Waals surface area contributed by atoms with Crippen LogP contribution < -0.4 is 5.32 Å². The Morgan fingerprint density at radius 2 is 1.94 bits per heavy atom. The van der Waals surface area contributed by atoms with Crippen LogP contribution in [0.3, 0.4) is 0 Å². The van der Waals surface area contributed by atoms with Crippen LogP contribution in [0.4, 0.5) is 0 Å². The summed E-state index contributed by atoms with van der Waals surface area (Å²) in [7, 11) is 0. The van der Waals surface area contributed by atoms with Crippen molar-refractivity contribution in [2.75, 3.05) is 0 Å². The highest BCUT2D eigenvalue weighted by atomic mass is 16.3. The average Bonchev–Trinajstić information content (AvgIpc) is 2.28. The first-order valence-corrected chi connectivity index (χ1v) is 5.92. The Balaban J connectivity index is 2.49. The first kappa shape index (κ1) is 14.3. The topological polar surface area (TPSA) is 49.3 Å². The summed E-state index contributed by atoms with van der Waals surface area (Å²) in [6, 6.07) is 9.47. The fourth-order valence-electron chi connectivity index (χ4n) is 1.32. The first-order valence-electron chi connectivity index (χ1n) is 5.92. The Labute approximate surface area is 108 Å². The van der Waals surface area contributed by atoms with E-state index in [0.29, 0.717) is 0 Å². The number of carbonyl (C=O) groups excluding carboxylic acids is 1. The molecule has 0 aliphatic heterocycles. The molecule has 18 heavy (non-hydrogen) atoms. The minimum atomic E-state index is -1.08. The molecule has 1 unspecified atom stereocenters. The van der Waals surface area contributed by atoms with Crippen molar-refractivity contribution < 1.29 is 9.90 Å². The number of hydrogen-bond donors (Lipinski definition) is 2. The van der Waals surface area contributed by atoms with E-state index >= 15 is 0 Å². The van der Waals surface area contributed by atoms with Gasteiger partial charge in [-0.15, -0.1) is 0 Å². The SMILES string of the molecule is CC(C)(C)NC(=O)C(O)CC#Cc1ccccc1. The van der Waals surface area contributed by atoms with Gasteiger partial charge >= 0.3 is 0 Å². The molecule has 2 N–H and O–H groups in total. The third-order valence-corrected chi connectivity index (χ3v) is 2.10. The van der Waals surface area contributed by atoms with Gasteiger partial charge in [0.05, 0.1) is 0 Å². The van der Waals surface area contributed by atoms with Gasteiger partial charge in [-0.3, -0.25) is 4.79 Å². The zero-order chi connectivity index (χ0) is 13.6. The van der Waals surface area contributed by atoms with E-state index in [9.17, 15) is 9.90 Å². The molecule has 0 aliphatic carbocycles. The van der Waals surface area contributed by atoms with Gasteiger partial charge in [-0.25, -0.2) is 0 Å². The van der Waals surface area contributed by atoms with Crippen LogP contribution in [0.5, 0.6) is 0 Å². The highest BCUT2D eigenvalue weighted by molar-refractivity contribution is 5.81. The number of amides is 1. The molecule has 3 nitrogen and oxygen atoms in total. The Morgan fingerprint density at radius 1 is 1.33 bits per heavy atom. The first-order chi connectivity index (χ1) is 8.38. The molecule has 1 aromatic carbocycles. The summed E-state index contributed by atoms with van der Waals surface area (Å²) in [5, 5.41) is 12.4.